The van der Waals surface area contributed by atoms with Crippen LogP contribution in [-0.4, -0.2) is 11.1 Å². The zero-order valence-electron chi connectivity index (χ0n) is 10.6. The number of carbonyl (C=O) groups is 1. The minimum absolute atomic E-state index is 0.175. The molecule has 0 saturated heterocycles. The van der Waals surface area contributed by atoms with Gasteiger partial charge in [-0.15, -0.1) is 0 Å². The molecule has 4 nitrogen and oxygen atoms in total. The first-order chi connectivity index (χ1) is 9.51. The molecule has 0 bridgehead atoms. The number of aryl methyl sites for hydroxylation is 1. The molecule has 2 N–H and O–H groups in total. The fraction of sp³-hybridized carbons (Fsp3) is 0.0667. The third-order valence-electron chi connectivity index (χ3n) is 2.78. The van der Waals surface area contributed by atoms with Crippen molar-refractivity contribution in [2.45, 2.75) is 6.92 Å². The van der Waals surface area contributed by atoms with Crippen LogP contribution in [0.4, 0.5) is 11.4 Å². The van der Waals surface area contributed by atoms with Crippen molar-refractivity contribution in [3.05, 3.63) is 57.6 Å². The highest BCUT2D eigenvalue weighted by Gasteiger charge is 2.12. The molecule has 0 unspecified atom stereocenters. The highest BCUT2D eigenvalue weighted by Crippen LogP contribution is 2.27. The lowest BCUT2D eigenvalue weighted by atomic mass is 10.1. The van der Waals surface area contributed by atoms with Gasteiger partial charge in [-0.2, -0.15) is 5.26 Å². The van der Waals surface area contributed by atoms with Gasteiger partial charge in [0.25, 0.3) is 0 Å². The Kier molecular flexibility index (Phi) is 4.06. The molecule has 0 aliphatic carbocycles. The smallest absolute Gasteiger partial charge is 0.337 e. The second-order valence-electron chi connectivity index (χ2n) is 4.28. The van der Waals surface area contributed by atoms with Crippen molar-refractivity contribution in [2.24, 2.45) is 0 Å². The van der Waals surface area contributed by atoms with Crippen LogP contribution >= 0.6 is 15.9 Å². The van der Waals surface area contributed by atoms with Crippen LogP contribution in [0.1, 0.15) is 21.5 Å². The Morgan fingerprint density at radius 1 is 1.25 bits per heavy atom. The molecule has 2 aromatic carbocycles. The number of hydrogen-bond donors (Lipinski definition) is 2. The van der Waals surface area contributed by atoms with Gasteiger partial charge in [0, 0.05) is 4.47 Å². The molecular formula is C15H11BrN2O2. The zero-order chi connectivity index (χ0) is 14.7. The largest absolute Gasteiger partial charge is 0.478 e. The van der Waals surface area contributed by atoms with E-state index in [0.717, 1.165) is 10.0 Å². The number of rotatable bonds is 3. The minimum Gasteiger partial charge on any atom is -0.478 e. The van der Waals surface area contributed by atoms with Gasteiger partial charge in [-0.1, -0.05) is 27.6 Å². The minimum atomic E-state index is -1.01. The monoisotopic (exact) mass is 330 g/mol. The predicted octanol–water partition coefficient (Wildman–Crippen LogP) is 4.07. The van der Waals surface area contributed by atoms with E-state index in [1.807, 2.05) is 13.0 Å². The van der Waals surface area contributed by atoms with Gasteiger partial charge in [0.1, 0.15) is 6.07 Å². The highest BCUT2D eigenvalue weighted by atomic mass is 79.9. The van der Waals surface area contributed by atoms with Crippen molar-refractivity contribution in [3.63, 3.8) is 0 Å². The molecule has 0 aromatic heterocycles. The summed E-state index contributed by atoms with van der Waals surface area (Å²) in [7, 11) is 0. The summed E-state index contributed by atoms with van der Waals surface area (Å²) in [6, 6.07) is 12.3. The first-order valence-electron chi connectivity index (χ1n) is 5.82. The van der Waals surface area contributed by atoms with Crippen LogP contribution in [0.3, 0.4) is 0 Å². The molecule has 5 heteroatoms. The second kappa shape index (κ2) is 5.76. The number of aromatic carboxylic acids is 1. The second-order valence-corrected chi connectivity index (χ2v) is 5.20. The Bertz CT molecular complexity index is 720. The third-order valence-corrected chi connectivity index (χ3v) is 3.27. The Morgan fingerprint density at radius 3 is 2.65 bits per heavy atom. The number of carboxylic acids is 1. The van der Waals surface area contributed by atoms with E-state index in [4.69, 9.17) is 5.26 Å². The van der Waals surface area contributed by atoms with Crippen LogP contribution in [0.15, 0.2) is 40.9 Å². The molecule has 0 radical (unpaired) electrons. The topological polar surface area (TPSA) is 73.1 Å². The molecule has 2 aromatic rings. The summed E-state index contributed by atoms with van der Waals surface area (Å²) in [5, 5.41) is 21.3. The Hall–Kier alpha value is -2.32. The quantitative estimate of drug-likeness (QED) is 0.889. The Labute approximate surface area is 124 Å². The molecular weight excluding hydrogens is 320 g/mol. The van der Waals surface area contributed by atoms with Crippen molar-refractivity contribution in [1.29, 1.82) is 5.26 Å². The van der Waals surface area contributed by atoms with Crippen LogP contribution in [-0.2, 0) is 0 Å². The summed E-state index contributed by atoms with van der Waals surface area (Å²) in [6.07, 6.45) is 0. The number of carboxylic acid groups (broad SMARTS) is 1. The summed E-state index contributed by atoms with van der Waals surface area (Å²) in [5.74, 6) is -1.01. The lowest BCUT2D eigenvalue weighted by Crippen LogP contribution is -2.04. The van der Waals surface area contributed by atoms with Crippen molar-refractivity contribution >= 4 is 33.3 Å². The molecule has 2 rings (SSSR count). The van der Waals surface area contributed by atoms with E-state index >= 15 is 0 Å². The molecule has 100 valence electrons. The van der Waals surface area contributed by atoms with Gasteiger partial charge >= 0.3 is 5.97 Å². The lowest BCUT2D eigenvalue weighted by Gasteiger charge is -2.12. The maximum absolute atomic E-state index is 11.3. The molecule has 20 heavy (non-hydrogen) atoms. The van der Waals surface area contributed by atoms with E-state index in [9.17, 15) is 9.90 Å². The van der Waals surface area contributed by atoms with Gasteiger partial charge in [-0.3, -0.25) is 0 Å². The first kappa shape index (κ1) is 14.1. The van der Waals surface area contributed by atoms with Gasteiger partial charge in [-0.25, -0.2) is 4.79 Å². The number of hydrogen-bond acceptors (Lipinski definition) is 3. The van der Waals surface area contributed by atoms with Crippen molar-refractivity contribution in [2.75, 3.05) is 5.32 Å². The molecule has 0 amide bonds. The van der Waals surface area contributed by atoms with E-state index in [2.05, 4.69) is 27.3 Å². The van der Waals surface area contributed by atoms with E-state index in [0.29, 0.717) is 16.9 Å². The molecule has 0 saturated carbocycles. The summed E-state index contributed by atoms with van der Waals surface area (Å²) >= 11 is 3.33. The van der Waals surface area contributed by atoms with Gasteiger partial charge in [0.05, 0.1) is 22.5 Å². The van der Waals surface area contributed by atoms with Gasteiger partial charge in [-0.05, 0) is 37.3 Å². The first-order valence-corrected chi connectivity index (χ1v) is 6.61. The molecule has 0 fully saturated rings. The standard InChI is InChI=1S/C15H11BrN2O2/c1-9-2-5-13(12(6-9)15(19)20)18-14-7-11(16)4-3-10(14)8-17/h2-7,18H,1H3,(H,19,20). The fourth-order valence-corrected chi connectivity index (χ4v) is 2.17. The fourth-order valence-electron chi connectivity index (χ4n) is 1.81. The number of anilines is 2. The van der Waals surface area contributed by atoms with Crippen LogP contribution in [0.5, 0.6) is 0 Å². The molecule has 0 heterocycles. The summed E-state index contributed by atoms with van der Waals surface area (Å²) in [5.41, 5.74) is 2.51. The zero-order valence-corrected chi connectivity index (χ0v) is 12.2. The van der Waals surface area contributed by atoms with Crippen molar-refractivity contribution < 1.29 is 9.90 Å². The number of benzene rings is 2. The van der Waals surface area contributed by atoms with Crippen LogP contribution in [0.25, 0.3) is 0 Å². The normalized spacial score (nSPS) is 9.85. The number of nitrogens with zero attached hydrogens (tertiary/aromatic N) is 1. The SMILES string of the molecule is Cc1ccc(Nc2cc(Br)ccc2C#N)c(C(=O)O)c1. The molecule has 0 atom stereocenters. The molecule has 0 aliphatic heterocycles. The number of nitrogens with one attached hydrogen (secondary N) is 1. The number of halogens is 1. The summed E-state index contributed by atoms with van der Waals surface area (Å²) < 4.78 is 0.808. The van der Waals surface area contributed by atoms with Gasteiger partial charge in [0.2, 0.25) is 0 Å². The maximum atomic E-state index is 11.3. The number of nitriles is 1. The average molecular weight is 331 g/mol. The molecule has 0 aliphatic rings. The lowest BCUT2D eigenvalue weighted by molar-refractivity contribution is 0.0698. The van der Waals surface area contributed by atoms with Crippen LogP contribution < -0.4 is 5.32 Å². The Balaban J connectivity index is 2.48. The third kappa shape index (κ3) is 2.98. The van der Waals surface area contributed by atoms with E-state index in [1.54, 1.807) is 30.3 Å². The average Bonchev–Trinajstić information content (AvgIpc) is 2.41. The Morgan fingerprint density at radius 2 is 2.00 bits per heavy atom. The molecule has 0 spiro atoms. The summed E-state index contributed by atoms with van der Waals surface area (Å²) in [6.45, 7) is 1.83. The highest BCUT2D eigenvalue weighted by molar-refractivity contribution is 9.10. The summed E-state index contributed by atoms with van der Waals surface area (Å²) in [4.78, 5) is 11.3. The maximum Gasteiger partial charge on any atom is 0.337 e. The van der Waals surface area contributed by atoms with Crippen molar-refractivity contribution in [1.82, 2.24) is 0 Å². The van der Waals surface area contributed by atoms with Crippen LogP contribution in [0.2, 0.25) is 0 Å². The van der Waals surface area contributed by atoms with Crippen molar-refractivity contribution in [3.8, 4) is 6.07 Å². The van der Waals surface area contributed by atoms with Crippen LogP contribution in [0, 0.1) is 18.3 Å². The van der Waals surface area contributed by atoms with E-state index in [-0.39, 0.29) is 5.56 Å². The van der Waals surface area contributed by atoms with Gasteiger partial charge < -0.3 is 10.4 Å². The predicted molar refractivity (Wildman–Crippen MR) is 80.3 cm³/mol. The van der Waals surface area contributed by atoms with E-state index < -0.39 is 5.97 Å². The van der Waals surface area contributed by atoms with Gasteiger partial charge in [0.15, 0.2) is 0 Å². The van der Waals surface area contributed by atoms with E-state index in [1.165, 1.54) is 0 Å².